The summed E-state index contributed by atoms with van der Waals surface area (Å²) in [5.41, 5.74) is -0.671. The fourth-order valence-electron chi connectivity index (χ4n) is 1.23. The highest BCUT2D eigenvalue weighted by Crippen LogP contribution is 2.30. The van der Waals surface area contributed by atoms with Crippen molar-refractivity contribution >= 4 is 17.5 Å². The number of carbonyl (C=O) groups excluding carboxylic acids is 1. The van der Waals surface area contributed by atoms with Crippen molar-refractivity contribution in [3.8, 4) is 0 Å². The molecule has 18 heavy (non-hydrogen) atoms. The quantitative estimate of drug-likeness (QED) is 0.760. The average molecular weight is 276 g/mol. The zero-order valence-electron chi connectivity index (χ0n) is 10.5. The first-order valence-electron chi connectivity index (χ1n) is 5.44. The Hall–Kier alpha value is -0.970. The van der Waals surface area contributed by atoms with Gasteiger partial charge in [0.1, 0.15) is 0 Å². The third-order valence-corrected chi connectivity index (χ3v) is 3.42. The van der Waals surface area contributed by atoms with Crippen molar-refractivity contribution in [2.75, 3.05) is 5.75 Å². The summed E-state index contributed by atoms with van der Waals surface area (Å²) in [6.45, 7) is 5.87. The van der Waals surface area contributed by atoms with Crippen LogP contribution in [0.4, 0.5) is 13.2 Å². The maximum atomic E-state index is 12.5. The minimum atomic E-state index is -4.41. The van der Waals surface area contributed by atoms with Crippen LogP contribution in [0.15, 0.2) is 24.3 Å². The van der Waals surface area contributed by atoms with Crippen LogP contribution in [0.25, 0.3) is 0 Å². The number of carbonyl (C=O) groups is 1. The first kappa shape index (κ1) is 15.1. The van der Waals surface area contributed by atoms with Gasteiger partial charge >= 0.3 is 6.18 Å². The van der Waals surface area contributed by atoms with E-state index in [1.165, 1.54) is 23.9 Å². The summed E-state index contributed by atoms with van der Waals surface area (Å²) in [6.07, 6.45) is -4.41. The molecule has 0 spiro atoms. The van der Waals surface area contributed by atoms with E-state index < -0.39 is 11.7 Å². The molecule has 0 aliphatic rings. The van der Waals surface area contributed by atoms with Crippen LogP contribution in [0.1, 0.15) is 36.7 Å². The van der Waals surface area contributed by atoms with Crippen LogP contribution >= 0.6 is 11.8 Å². The lowest BCUT2D eigenvalue weighted by Crippen LogP contribution is -2.14. The molecule has 0 fully saturated rings. The molecule has 100 valence electrons. The molecule has 0 radical (unpaired) electrons. The molecule has 1 aromatic carbocycles. The Kier molecular flexibility index (Phi) is 4.48. The maximum absolute atomic E-state index is 12.5. The first-order chi connectivity index (χ1) is 8.09. The zero-order valence-corrected chi connectivity index (χ0v) is 11.3. The van der Waals surface area contributed by atoms with Gasteiger partial charge in [-0.15, -0.1) is 11.8 Å². The van der Waals surface area contributed by atoms with Gasteiger partial charge in [-0.25, -0.2) is 0 Å². The van der Waals surface area contributed by atoms with Gasteiger partial charge in [-0.2, -0.15) is 13.2 Å². The Bertz CT molecular complexity index is 433. The molecule has 0 aliphatic carbocycles. The molecule has 0 bridgehead atoms. The second kappa shape index (κ2) is 5.34. The molecule has 0 heterocycles. The second-order valence-corrected chi connectivity index (χ2v) is 6.70. The smallest absolute Gasteiger partial charge is 0.293 e. The molecule has 0 amide bonds. The first-order valence-corrected chi connectivity index (χ1v) is 6.42. The average Bonchev–Trinajstić information content (AvgIpc) is 2.24. The molecule has 0 N–H and O–H groups in total. The molecule has 1 aromatic rings. The van der Waals surface area contributed by atoms with Crippen molar-refractivity contribution in [1.29, 1.82) is 0 Å². The maximum Gasteiger partial charge on any atom is 0.416 e. The Morgan fingerprint density at radius 1 is 1.22 bits per heavy atom. The monoisotopic (exact) mass is 276 g/mol. The number of hydrogen-bond acceptors (Lipinski definition) is 2. The summed E-state index contributed by atoms with van der Waals surface area (Å²) in [5, 5.41) is 0. The fourth-order valence-corrected chi connectivity index (χ4v) is 1.97. The van der Waals surface area contributed by atoms with Gasteiger partial charge in [-0.3, -0.25) is 4.79 Å². The van der Waals surface area contributed by atoms with Crippen molar-refractivity contribution in [2.24, 2.45) is 0 Å². The number of thioether (sulfide) groups is 1. The summed E-state index contributed by atoms with van der Waals surface area (Å²) < 4.78 is 37.4. The van der Waals surface area contributed by atoms with Gasteiger partial charge in [0.15, 0.2) is 5.78 Å². The zero-order chi connectivity index (χ0) is 14.0. The van der Waals surface area contributed by atoms with E-state index in [2.05, 4.69) is 0 Å². The van der Waals surface area contributed by atoms with Gasteiger partial charge in [0.25, 0.3) is 0 Å². The number of ketones is 1. The van der Waals surface area contributed by atoms with Crippen molar-refractivity contribution in [3.05, 3.63) is 35.4 Å². The highest BCUT2D eigenvalue weighted by Gasteiger charge is 2.30. The molecular formula is C13H15F3OS. The third-order valence-electron chi connectivity index (χ3n) is 2.15. The van der Waals surface area contributed by atoms with E-state index in [1.54, 1.807) is 0 Å². The Morgan fingerprint density at radius 2 is 1.83 bits per heavy atom. The molecule has 0 unspecified atom stereocenters. The normalized spacial score (nSPS) is 12.6. The van der Waals surface area contributed by atoms with Crippen LogP contribution in [0.3, 0.4) is 0 Å². The molecule has 1 nitrogen and oxygen atoms in total. The van der Waals surface area contributed by atoms with Crippen molar-refractivity contribution in [3.63, 3.8) is 0 Å². The fraction of sp³-hybridized carbons (Fsp3) is 0.462. The summed E-state index contributed by atoms with van der Waals surface area (Å²) in [6, 6.07) is 4.55. The number of Topliss-reactive ketones (excluding diaryl/α,β-unsaturated/α-hetero) is 1. The Morgan fingerprint density at radius 3 is 2.33 bits per heavy atom. The van der Waals surface area contributed by atoms with E-state index in [0.29, 0.717) is 0 Å². The minimum Gasteiger partial charge on any atom is -0.293 e. The van der Waals surface area contributed by atoms with Crippen LogP contribution < -0.4 is 0 Å². The highest BCUT2D eigenvalue weighted by molar-refractivity contribution is 8.01. The predicted molar refractivity (Wildman–Crippen MR) is 68.0 cm³/mol. The van der Waals surface area contributed by atoms with Crippen LogP contribution in [0, 0.1) is 0 Å². The van der Waals surface area contributed by atoms with E-state index in [1.807, 2.05) is 20.8 Å². The molecule has 1 rings (SSSR count). The summed E-state index contributed by atoms with van der Waals surface area (Å²) in [7, 11) is 0. The van der Waals surface area contributed by atoms with Gasteiger partial charge < -0.3 is 0 Å². The highest BCUT2D eigenvalue weighted by atomic mass is 32.2. The SMILES string of the molecule is CC(C)(C)SCC(=O)c1cccc(C(F)(F)F)c1. The lowest BCUT2D eigenvalue weighted by molar-refractivity contribution is -0.137. The number of hydrogen-bond donors (Lipinski definition) is 0. The van der Waals surface area contributed by atoms with E-state index >= 15 is 0 Å². The summed E-state index contributed by atoms with van der Waals surface area (Å²) in [5.74, 6) is -0.0915. The van der Waals surface area contributed by atoms with E-state index in [4.69, 9.17) is 0 Å². The standard InChI is InChI=1S/C13H15F3OS/c1-12(2,3)18-8-11(17)9-5-4-6-10(7-9)13(14,15)16/h4-7H,8H2,1-3H3. The molecule has 0 aliphatic heterocycles. The van der Waals surface area contributed by atoms with Crippen LogP contribution in [-0.4, -0.2) is 16.3 Å². The molecule has 0 atom stereocenters. The number of benzene rings is 1. The Balaban J connectivity index is 2.81. The van der Waals surface area contributed by atoms with Crippen LogP contribution in [0.2, 0.25) is 0 Å². The topological polar surface area (TPSA) is 17.1 Å². The predicted octanol–water partition coefficient (Wildman–Crippen LogP) is 4.42. The van der Waals surface area contributed by atoms with Crippen LogP contribution in [0.5, 0.6) is 0 Å². The van der Waals surface area contributed by atoms with Gasteiger partial charge in [0.2, 0.25) is 0 Å². The molecular weight excluding hydrogens is 261 g/mol. The van der Waals surface area contributed by atoms with Crippen molar-refractivity contribution in [2.45, 2.75) is 31.7 Å². The second-order valence-electron chi connectivity index (χ2n) is 4.90. The Labute approximate surface area is 109 Å². The third kappa shape index (κ3) is 4.72. The molecule has 0 aromatic heterocycles. The van der Waals surface area contributed by atoms with Crippen LogP contribution in [-0.2, 0) is 6.18 Å². The van der Waals surface area contributed by atoms with E-state index in [-0.39, 0.29) is 21.8 Å². The van der Waals surface area contributed by atoms with Crippen molar-refractivity contribution < 1.29 is 18.0 Å². The van der Waals surface area contributed by atoms with Crippen molar-refractivity contribution in [1.82, 2.24) is 0 Å². The number of alkyl halides is 3. The van der Waals surface area contributed by atoms with E-state index in [9.17, 15) is 18.0 Å². The van der Waals surface area contributed by atoms with Gasteiger partial charge in [-0.05, 0) is 12.1 Å². The van der Waals surface area contributed by atoms with E-state index in [0.717, 1.165) is 12.1 Å². The lowest BCUT2D eigenvalue weighted by Gasteiger charge is -2.16. The largest absolute Gasteiger partial charge is 0.416 e. The summed E-state index contributed by atoms with van der Waals surface area (Å²) >= 11 is 1.42. The minimum absolute atomic E-state index is 0.0860. The van der Waals surface area contributed by atoms with Gasteiger partial charge in [-0.1, -0.05) is 32.9 Å². The number of halogens is 3. The molecule has 5 heteroatoms. The number of rotatable bonds is 3. The van der Waals surface area contributed by atoms with Gasteiger partial charge in [0, 0.05) is 10.3 Å². The van der Waals surface area contributed by atoms with Gasteiger partial charge in [0.05, 0.1) is 11.3 Å². The molecule has 0 saturated heterocycles. The lowest BCUT2D eigenvalue weighted by atomic mass is 10.1. The molecule has 0 saturated carbocycles. The summed E-state index contributed by atoms with van der Waals surface area (Å²) in [4.78, 5) is 11.8.